The Labute approximate surface area is 146 Å². The van der Waals surface area contributed by atoms with Gasteiger partial charge in [0, 0.05) is 17.6 Å². The molecule has 3 rings (SSSR count). The van der Waals surface area contributed by atoms with Gasteiger partial charge in [0.25, 0.3) is 0 Å². The zero-order chi connectivity index (χ0) is 16.9. The van der Waals surface area contributed by atoms with Crippen molar-refractivity contribution in [3.05, 3.63) is 52.5 Å². The van der Waals surface area contributed by atoms with Crippen LogP contribution in [0, 0.1) is 5.92 Å². The summed E-state index contributed by atoms with van der Waals surface area (Å²) in [6.07, 6.45) is 3.05. The van der Waals surface area contributed by atoms with E-state index < -0.39 is 0 Å². The van der Waals surface area contributed by atoms with E-state index in [4.69, 9.17) is 0 Å². The molecule has 2 aromatic heterocycles. The van der Waals surface area contributed by atoms with Crippen molar-refractivity contribution in [3.63, 3.8) is 0 Å². The third-order valence-corrected chi connectivity index (χ3v) is 5.31. The maximum atomic E-state index is 12.4. The summed E-state index contributed by atoms with van der Waals surface area (Å²) in [6, 6.07) is 9.85. The van der Waals surface area contributed by atoms with Gasteiger partial charge in [0.15, 0.2) is 0 Å². The average molecular weight is 345 g/mol. The molecular formula is C18H23N3O2S. The first-order valence-corrected chi connectivity index (χ1v) is 9.09. The molecule has 2 aromatic rings. The van der Waals surface area contributed by atoms with Gasteiger partial charge in [0.1, 0.15) is 0 Å². The highest BCUT2D eigenvalue weighted by atomic mass is 32.1. The van der Waals surface area contributed by atoms with Crippen molar-refractivity contribution in [2.75, 3.05) is 13.6 Å². The predicted octanol–water partition coefficient (Wildman–Crippen LogP) is 2.20. The van der Waals surface area contributed by atoms with Crippen LogP contribution in [0.5, 0.6) is 0 Å². The number of aliphatic hydroxyl groups is 1. The molecule has 1 unspecified atom stereocenters. The van der Waals surface area contributed by atoms with E-state index in [2.05, 4.69) is 16.4 Å². The summed E-state index contributed by atoms with van der Waals surface area (Å²) in [5.74, 6) is 0.330. The Morgan fingerprint density at radius 3 is 2.88 bits per heavy atom. The van der Waals surface area contributed by atoms with Crippen LogP contribution in [0.3, 0.4) is 0 Å². The van der Waals surface area contributed by atoms with Gasteiger partial charge in [-0.05, 0) is 49.4 Å². The predicted molar refractivity (Wildman–Crippen MR) is 94.5 cm³/mol. The van der Waals surface area contributed by atoms with Crippen molar-refractivity contribution in [2.45, 2.75) is 31.5 Å². The summed E-state index contributed by atoms with van der Waals surface area (Å²) in [5, 5.41) is 14.8. The molecule has 1 atom stereocenters. The molecule has 0 aromatic carbocycles. The van der Waals surface area contributed by atoms with Gasteiger partial charge >= 0.3 is 0 Å². The molecule has 0 saturated heterocycles. The van der Waals surface area contributed by atoms with Crippen molar-refractivity contribution in [2.24, 2.45) is 5.92 Å². The van der Waals surface area contributed by atoms with Gasteiger partial charge in [-0.3, -0.25) is 14.7 Å². The Kier molecular flexibility index (Phi) is 5.60. The van der Waals surface area contributed by atoms with Gasteiger partial charge in [-0.1, -0.05) is 12.1 Å². The van der Waals surface area contributed by atoms with Crippen LogP contribution in [-0.4, -0.2) is 40.6 Å². The number of likely N-dealkylation sites (N-methyl/N-ethyl adjacent to an activating group) is 1. The molecule has 2 N–H and O–H groups in total. The van der Waals surface area contributed by atoms with Crippen LogP contribution < -0.4 is 5.32 Å². The molecule has 6 heteroatoms. The normalized spacial score (nSPS) is 21.3. The molecule has 0 aliphatic heterocycles. The SMILES string of the molecule is CN(CC(=O)NC(c1cccs1)C1CC(O)C1)Cc1ccccn1. The first-order chi connectivity index (χ1) is 11.6. The summed E-state index contributed by atoms with van der Waals surface area (Å²) in [5.41, 5.74) is 0.949. The maximum Gasteiger partial charge on any atom is 0.234 e. The molecule has 1 aliphatic carbocycles. The second-order valence-corrected chi connectivity index (χ2v) is 7.42. The molecule has 128 valence electrons. The lowest BCUT2D eigenvalue weighted by molar-refractivity contribution is -0.124. The van der Waals surface area contributed by atoms with E-state index in [1.54, 1.807) is 17.5 Å². The lowest BCUT2D eigenvalue weighted by Crippen LogP contribution is -2.43. The van der Waals surface area contributed by atoms with Crippen LogP contribution in [0.25, 0.3) is 0 Å². The average Bonchev–Trinajstić information content (AvgIpc) is 3.05. The molecule has 2 heterocycles. The minimum Gasteiger partial charge on any atom is -0.393 e. The maximum absolute atomic E-state index is 12.4. The summed E-state index contributed by atoms with van der Waals surface area (Å²) in [6.45, 7) is 0.966. The van der Waals surface area contributed by atoms with E-state index >= 15 is 0 Å². The third-order valence-electron chi connectivity index (χ3n) is 4.36. The van der Waals surface area contributed by atoms with E-state index in [1.165, 1.54) is 0 Å². The largest absolute Gasteiger partial charge is 0.393 e. The van der Waals surface area contributed by atoms with Gasteiger partial charge in [-0.2, -0.15) is 0 Å². The van der Waals surface area contributed by atoms with Gasteiger partial charge < -0.3 is 10.4 Å². The number of nitrogens with one attached hydrogen (secondary N) is 1. The highest BCUT2D eigenvalue weighted by Crippen LogP contribution is 2.39. The van der Waals surface area contributed by atoms with Gasteiger partial charge in [0.05, 0.1) is 24.4 Å². The standard InChI is InChI=1S/C18H23N3O2S/c1-21(11-14-5-2-3-7-19-14)12-17(23)20-18(13-9-15(22)10-13)16-6-4-8-24-16/h2-8,13,15,18,22H,9-12H2,1H3,(H,20,23). The number of rotatable bonds is 7. The summed E-state index contributed by atoms with van der Waals surface area (Å²) < 4.78 is 0. The van der Waals surface area contributed by atoms with E-state index in [0.29, 0.717) is 19.0 Å². The number of thiophene rings is 1. The zero-order valence-electron chi connectivity index (χ0n) is 13.8. The number of aliphatic hydroxyl groups excluding tert-OH is 1. The molecule has 5 nitrogen and oxygen atoms in total. The number of hydrogen-bond donors (Lipinski definition) is 2. The van der Waals surface area contributed by atoms with E-state index in [1.807, 2.05) is 41.6 Å². The lowest BCUT2D eigenvalue weighted by Gasteiger charge is -2.37. The molecule has 0 spiro atoms. The second kappa shape index (κ2) is 7.88. The van der Waals surface area contributed by atoms with Gasteiger partial charge in [-0.15, -0.1) is 11.3 Å². The van der Waals surface area contributed by atoms with Crippen LogP contribution in [0.1, 0.15) is 29.5 Å². The molecule has 1 amide bonds. The topological polar surface area (TPSA) is 65.5 Å². The fraction of sp³-hybridized carbons (Fsp3) is 0.444. The molecule has 1 saturated carbocycles. The zero-order valence-corrected chi connectivity index (χ0v) is 14.6. The monoisotopic (exact) mass is 345 g/mol. The van der Waals surface area contributed by atoms with Crippen LogP contribution in [0.4, 0.5) is 0 Å². The number of hydrogen-bond acceptors (Lipinski definition) is 5. The second-order valence-electron chi connectivity index (χ2n) is 6.44. The van der Waals surface area contributed by atoms with Crippen LogP contribution in [0.15, 0.2) is 41.9 Å². The molecule has 1 fully saturated rings. The Bertz CT molecular complexity index is 642. The fourth-order valence-electron chi connectivity index (χ4n) is 3.08. The van der Waals surface area contributed by atoms with Gasteiger partial charge in [0.2, 0.25) is 5.91 Å². The summed E-state index contributed by atoms with van der Waals surface area (Å²) in [4.78, 5) is 19.8. The van der Waals surface area contributed by atoms with Crippen molar-refractivity contribution in [3.8, 4) is 0 Å². The number of pyridine rings is 1. The van der Waals surface area contributed by atoms with Crippen molar-refractivity contribution in [1.29, 1.82) is 0 Å². The van der Waals surface area contributed by atoms with E-state index in [9.17, 15) is 9.90 Å². The summed E-state index contributed by atoms with van der Waals surface area (Å²) in [7, 11) is 1.92. The number of nitrogens with zero attached hydrogens (tertiary/aromatic N) is 2. The van der Waals surface area contributed by atoms with Crippen LogP contribution >= 0.6 is 11.3 Å². The number of aromatic nitrogens is 1. The minimum atomic E-state index is -0.221. The molecule has 0 bridgehead atoms. The molecular weight excluding hydrogens is 322 g/mol. The van der Waals surface area contributed by atoms with Crippen molar-refractivity contribution >= 4 is 17.2 Å². The van der Waals surface area contributed by atoms with Crippen LogP contribution in [0.2, 0.25) is 0 Å². The van der Waals surface area contributed by atoms with Crippen molar-refractivity contribution < 1.29 is 9.90 Å². The van der Waals surface area contributed by atoms with Gasteiger partial charge in [-0.25, -0.2) is 0 Å². The number of carbonyl (C=O) groups excluding carboxylic acids is 1. The Morgan fingerprint density at radius 1 is 1.42 bits per heavy atom. The minimum absolute atomic E-state index is 0.00384. The highest BCUT2D eigenvalue weighted by molar-refractivity contribution is 7.10. The number of carbonyl (C=O) groups is 1. The third kappa shape index (κ3) is 4.41. The summed E-state index contributed by atoms with van der Waals surface area (Å²) >= 11 is 1.65. The lowest BCUT2D eigenvalue weighted by atomic mass is 9.77. The molecule has 0 radical (unpaired) electrons. The Hall–Kier alpha value is -1.76. The fourth-order valence-corrected chi connectivity index (χ4v) is 3.95. The first-order valence-electron chi connectivity index (χ1n) is 8.21. The number of amides is 1. The Balaban J connectivity index is 1.55. The quantitative estimate of drug-likeness (QED) is 0.807. The highest BCUT2D eigenvalue weighted by Gasteiger charge is 2.36. The molecule has 1 aliphatic rings. The Morgan fingerprint density at radius 2 is 2.25 bits per heavy atom. The van der Waals surface area contributed by atoms with Crippen LogP contribution in [-0.2, 0) is 11.3 Å². The van der Waals surface area contributed by atoms with E-state index in [-0.39, 0.29) is 18.1 Å². The smallest absolute Gasteiger partial charge is 0.234 e. The van der Waals surface area contributed by atoms with Crippen molar-refractivity contribution in [1.82, 2.24) is 15.2 Å². The van der Waals surface area contributed by atoms with E-state index in [0.717, 1.165) is 23.4 Å². The first kappa shape index (κ1) is 17.1. The molecule has 24 heavy (non-hydrogen) atoms.